The van der Waals surface area contributed by atoms with Crippen LogP contribution in [0.4, 0.5) is 0 Å². The first-order valence-electron chi connectivity index (χ1n) is 7.77. The van der Waals surface area contributed by atoms with Gasteiger partial charge in [-0.05, 0) is 0 Å². The number of carbonyl (C=O) groups excluding carboxylic acids is 2. The Morgan fingerprint density at radius 1 is 1.35 bits per heavy atom. The third-order valence-corrected chi connectivity index (χ3v) is 7.96. The summed E-state index contributed by atoms with van der Waals surface area (Å²) in [6.45, 7) is 1.96. The first-order chi connectivity index (χ1) is 11.1. The van der Waals surface area contributed by atoms with E-state index in [1.807, 2.05) is 37.3 Å². The van der Waals surface area contributed by atoms with E-state index in [4.69, 9.17) is 9.47 Å². The van der Waals surface area contributed by atoms with E-state index in [1.54, 1.807) is 12.0 Å². The number of hydrogen-bond acceptors (Lipinski definition) is 4. The fraction of sp³-hybridized carbons (Fsp3) is 0.529. The van der Waals surface area contributed by atoms with E-state index in [0.717, 1.165) is 10.9 Å². The third-order valence-electron chi connectivity index (χ3n) is 5.00. The second-order valence-corrected chi connectivity index (χ2v) is 8.70. The number of benzene rings is 1. The summed E-state index contributed by atoms with van der Waals surface area (Å²) in [7, 11) is 2.98. The van der Waals surface area contributed by atoms with Crippen molar-refractivity contribution in [3.63, 3.8) is 0 Å². The Morgan fingerprint density at radius 3 is 2.61 bits per heavy atom. The molecule has 2 aliphatic heterocycles. The summed E-state index contributed by atoms with van der Waals surface area (Å²) < 4.78 is 10.9. The van der Waals surface area contributed by atoms with E-state index in [9.17, 15) is 9.59 Å². The van der Waals surface area contributed by atoms with Gasteiger partial charge in [-0.2, -0.15) is 0 Å². The van der Waals surface area contributed by atoms with Gasteiger partial charge in [0.2, 0.25) is 0 Å². The molecule has 3 rings (SSSR count). The van der Waals surface area contributed by atoms with Crippen LogP contribution in [0.15, 0.2) is 30.3 Å². The van der Waals surface area contributed by atoms with E-state index < -0.39 is 10.0 Å². The van der Waals surface area contributed by atoms with Gasteiger partial charge in [-0.3, -0.25) is 0 Å². The Balaban J connectivity index is 1.97. The van der Waals surface area contributed by atoms with E-state index in [-0.39, 0.29) is 32.9 Å². The molecule has 3 atom stereocenters. The number of esters is 1. The van der Waals surface area contributed by atoms with Crippen LogP contribution in [0.1, 0.15) is 26.2 Å². The molecule has 5 nitrogen and oxygen atoms in total. The summed E-state index contributed by atoms with van der Waals surface area (Å²) in [4.78, 5) is 27.2. The van der Waals surface area contributed by atoms with Crippen molar-refractivity contribution in [2.24, 2.45) is 0 Å². The summed E-state index contributed by atoms with van der Waals surface area (Å²) in [5, 5.41) is 0. The molecule has 1 aromatic rings. The van der Waals surface area contributed by atoms with Crippen LogP contribution in [-0.2, 0) is 19.1 Å². The van der Waals surface area contributed by atoms with Gasteiger partial charge in [-0.1, -0.05) is 0 Å². The molecule has 0 N–H and O–H groups in total. The molecule has 2 aliphatic rings. The Kier molecular flexibility index (Phi) is 4.25. The van der Waals surface area contributed by atoms with Crippen molar-refractivity contribution in [3.05, 3.63) is 30.3 Å². The molecule has 1 aromatic carbocycles. The molecule has 124 valence electrons. The molecule has 1 amide bonds. The fourth-order valence-electron chi connectivity index (χ4n) is 3.80. The van der Waals surface area contributed by atoms with Crippen LogP contribution in [0.5, 0.6) is 0 Å². The zero-order valence-electron chi connectivity index (χ0n) is 13.6. The van der Waals surface area contributed by atoms with Gasteiger partial charge >= 0.3 is 142 Å². The molecular weight excluding hydrogens is 361 g/mol. The topological polar surface area (TPSA) is 55.8 Å². The van der Waals surface area contributed by atoms with E-state index >= 15 is 0 Å². The number of fused-ring (bicyclic) bond motifs is 1. The summed E-state index contributed by atoms with van der Waals surface area (Å²) >= 11 is -0.209. The minimum atomic E-state index is -0.845. The van der Waals surface area contributed by atoms with Crippen molar-refractivity contribution in [1.82, 2.24) is 4.90 Å². The zero-order chi connectivity index (χ0) is 16.7. The average Bonchev–Trinajstić information content (AvgIpc) is 2.93. The maximum atomic E-state index is 12.9. The van der Waals surface area contributed by atoms with Crippen molar-refractivity contribution in [2.75, 3.05) is 14.2 Å². The van der Waals surface area contributed by atoms with Gasteiger partial charge in [0.1, 0.15) is 0 Å². The Bertz CT molecular complexity index is 616. The molecule has 0 bridgehead atoms. The van der Waals surface area contributed by atoms with Crippen LogP contribution in [0.3, 0.4) is 0 Å². The average molecular weight is 382 g/mol. The van der Waals surface area contributed by atoms with Gasteiger partial charge in [0.15, 0.2) is 0 Å². The van der Waals surface area contributed by atoms with Gasteiger partial charge in [-0.25, -0.2) is 0 Å². The maximum absolute atomic E-state index is 12.9. The van der Waals surface area contributed by atoms with Crippen LogP contribution in [0.25, 0.3) is 0 Å². The molecule has 23 heavy (non-hydrogen) atoms. The number of rotatable bonds is 5. The van der Waals surface area contributed by atoms with Crippen LogP contribution in [0, 0.1) is 0 Å². The molecule has 2 heterocycles. The fourth-order valence-corrected chi connectivity index (χ4v) is 6.69. The molecule has 0 saturated carbocycles. The number of methoxy groups -OCH3 is 2. The quantitative estimate of drug-likeness (QED) is 0.427. The van der Waals surface area contributed by atoms with Crippen molar-refractivity contribution in [1.29, 1.82) is 0 Å². The summed E-state index contributed by atoms with van der Waals surface area (Å²) in [5.41, 5.74) is -0.761. The molecule has 6 heteroatoms. The van der Waals surface area contributed by atoms with Crippen LogP contribution < -0.4 is 4.46 Å². The SMILES string of the molecule is CCC1(OC)C(=O)N2C1CCC2([Se]c1ccccc1)C(=O)OC. The first kappa shape index (κ1) is 16.5. The molecule has 0 spiro atoms. The van der Waals surface area contributed by atoms with Crippen molar-refractivity contribution in [3.8, 4) is 0 Å². The number of β-lactam (4-membered cyclic amide) rings is 1. The predicted molar refractivity (Wildman–Crippen MR) is 86.5 cm³/mol. The Morgan fingerprint density at radius 2 is 2.04 bits per heavy atom. The van der Waals surface area contributed by atoms with Crippen molar-refractivity contribution >= 4 is 31.3 Å². The zero-order valence-corrected chi connectivity index (χ0v) is 15.3. The number of carbonyl (C=O) groups is 2. The van der Waals surface area contributed by atoms with E-state index in [0.29, 0.717) is 12.8 Å². The number of nitrogens with zero attached hydrogens (tertiary/aromatic N) is 1. The van der Waals surface area contributed by atoms with Gasteiger partial charge < -0.3 is 0 Å². The normalized spacial score (nSPS) is 32.4. The number of ether oxygens (including phenoxy) is 2. The first-order valence-corrected chi connectivity index (χ1v) is 9.48. The van der Waals surface area contributed by atoms with Crippen molar-refractivity contribution in [2.45, 2.75) is 42.3 Å². The number of hydrogen-bond donors (Lipinski definition) is 0. The van der Waals surface area contributed by atoms with E-state index in [2.05, 4.69) is 0 Å². The monoisotopic (exact) mass is 383 g/mol. The number of amides is 1. The standard InChI is InChI=1S/C17H21NO4Se/c1-4-16(22-3)13-10-11-17(15(20)21-2,18(13)14(16)19)23-12-8-6-5-7-9-12/h5-9,13H,4,10-11H2,1-3H3. The van der Waals surface area contributed by atoms with E-state index in [1.165, 1.54) is 7.11 Å². The molecular formula is C17H21NO4Se. The molecule has 0 radical (unpaired) electrons. The van der Waals surface area contributed by atoms with Gasteiger partial charge in [0, 0.05) is 0 Å². The molecule has 3 unspecified atom stereocenters. The van der Waals surface area contributed by atoms with Crippen LogP contribution in [0.2, 0.25) is 0 Å². The molecule has 2 saturated heterocycles. The third kappa shape index (κ3) is 2.16. The Hall–Kier alpha value is -1.36. The second kappa shape index (κ2) is 5.93. The van der Waals surface area contributed by atoms with Crippen LogP contribution >= 0.6 is 0 Å². The van der Waals surface area contributed by atoms with Gasteiger partial charge in [-0.15, -0.1) is 0 Å². The molecule has 2 fully saturated rings. The molecule has 0 aromatic heterocycles. The summed E-state index contributed by atoms with van der Waals surface area (Å²) in [5.74, 6) is -0.383. The van der Waals surface area contributed by atoms with Gasteiger partial charge in [0.25, 0.3) is 0 Å². The summed E-state index contributed by atoms with van der Waals surface area (Å²) in [6, 6.07) is 9.84. The van der Waals surface area contributed by atoms with Gasteiger partial charge in [0.05, 0.1) is 0 Å². The second-order valence-electron chi connectivity index (χ2n) is 5.87. The van der Waals surface area contributed by atoms with Crippen LogP contribution in [-0.4, -0.2) is 62.0 Å². The summed E-state index contributed by atoms with van der Waals surface area (Å²) in [6.07, 6.45) is 2.03. The predicted octanol–water partition coefficient (Wildman–Crippen LogP) is 0.685. The Labute approximate surface area is 142 Å². The van der Waals surface area contributed by atoms with Crippen molar-refractivity contribution < 1.29 is 19.1 Å². The minimum absolute atomic E-state index is 0.0327. The molecule has 0 aliphatic carbocycles.